The summed E-state index contributed by atoms with van der Waals surface area (Å²) in [5.74, 6) is 1.44. The average molecular weight is 280 g/mol. The number of hydrogen-bond donors (Lipinski definition) is 1. The number of aryl methyl sites for hydroxylation is 1. The van der Waals surface area contributed by atoms with Gasteiger partial charge in [-0.05, 0) is 18.6 Å². The first-order valence-electron chi connectivity index (χ1n) is 6.37. The van der Waals surface area contributed by atoms with Gasteiger partial charge in [-0.3, -0.25) is 0 Å². The molecule has 0 radical (unpaired) electrons. The van der Waals surface area contributed by atoms with Crippen molar-refractivity contribution in [2.75, 3.05) is 0 Å². The minimum Gasteiger partial charge on any atom is -0.434 e. The molecule has 0 saturated heterocycles. The molecule has 0 amide bonds. The summed E-state index contributed by atoms with van der Waals surface area (Å²) >= 11 is 0. The molecule has 1 aliphatic rings. The van der Waals surface area contributed by atoms with Crippen molar-refractivity contribution < 1.29 is 13.5 Å². The van der Waals surface area contributed by atoms with E-state index in [1.807, 2.05) is 4.57 Å². The van der Waals surface area contributed by atoms with Gasteiger partial charge in [-0.2, -0.15) is 8.78 Å². The number of alkyl halides is 2. The molecule has 0 saturated carbocycles. The lowest BCUT2D eigenvalue weighted by Crippen LogP contribution is -2.32. The van der Waals surface area contributed by atoms with Crippen LogP contribution in [0.25, 0.3) is 11.4 Å². The lowest BCUT2D eigenvalue weighted by Gasteiger charge is -2.21. The number of fused-ring (bicyclic) bond motifs is 1. The Bertz CT molecular complexity index is 614. The van der Waals surface area contributed by atoms with E-state index in [1.165, 1.54) is 6.07 Å². The van der Waals surface area contributed by atoms with Gasteiger partial charge in [0.05, 0.1) is 5.56 Å². The maximum Gasteiger partial charge on any atom is 0.387 e. The highest BCUT2D eigenvalue weighted by molar-refractivity contribution is 5.64. The Balaban J connectivity index is 2.04. The third-order valence-electron chi connectivity index (χ3n) is 3.33. The van der Waals surface area contributed by atoms with Gasteiger partial charge in [0.2, 0.25) is 0 Å². The van der Waals surface area contributed by atoms with E-state index in [0.717, 1.165) is 18.7 Å². The van der Waals surface area contributed by atoms with Crippen LogP contribution in [-0.2, 0) is 13.0 Å². The predicted octanol–water partition coefficient (Wildman–Crippen LogP) is 1.82. The first-order valence-corrected chi connectivity index (χ1v) is 6.37. The first kappa shape index (κ1) is 13.0. The summed E-state index contributed by atoms with van der Waals surface area (Å²) < 4.78 is 31.3. The predicted molar refractivity (Wildman–Crippen MR) is 68.4 cm³/mol. The van der Waals surface area contributed by atoms with Gasteiger partial charge in [0, 0.05) is 19.0 Å². The molecule has 106 valence electrons. The van der Waals surface area contributed by atoms with Crippen molar-refractivity contribution in [2.24, 2.45) is 5.73 Å². The maximum atomic E-state index is 12.5. The molecule has 1 aromatic heterocycles. The van der Waals surface area contributed by atoms with Crippen molar-refractivity contribution in [1.29, 1.82) is 0 Å². The van der Waals surface area contributed by atoms with E-state index >= 15 is 0 Å². The molecule has 0 bridgehead atoms. The average Bonchev–Trinajstić information content (AvgIpc) is 2.81. The zero-order chi connectivity index (χ0) is 14.1. The van der Waals surface area contributed by atoms with E-state index in [2.05, 4.69) is 14.9 Å². The van der Waals surface area contributed by atoms with Crippen LogP contribution in [0.5, 0.6) is 5.75 Å². The second kappa shape index (κ2) is 5.16. The lowest BCUT2D eigenvalue weighted by molar-refractivity contribution is -0.0494. The summed E-state index contributed by atoms with van der Waals surface area (Å²) in [6, 6.07) is 6.60. The monoisotopic (exact) mass is 280 g/mol. The SMILES string of the molecule is NC1CCc2nnc(-c3ccccc3OC(F)F)n2C1. The highest BCUT2D eigenvalue weighted by Gasteiger charge is 2.23. The van der Waals surface area contributed by atoms with E-state index in [9.17, 15) is 8.78 Å². The number of nitrogens with two attached hydrogens (primary N) is 1. The van der Waals surface area contributed by atoms with Crippen LogP contribution >= 0.6 is 0 Å². The number of aromatic nitrogens is 3. The molecule has 20 heavy (non-hydrogen) atoms. The molecule has 1 aliphatic heterocycles. The minimum absolute atomic E-state index is 0.0282. The molecule has 2 aromatic rings. The summed E-state index contributed by atoms with van der Waals surface area (Å²) in [6.45, 7) is -2.29. The first-order chi connectivity index (χ1) is 9.65. The van der Waals surface area contributed by atoms with Crippen LogP contribution in [0.15, 0.2) is 24.3 Å². The molecule has 2 heterocycles. The lowest BCUT2D eigenvalue weighted by atomic mass is 10.1. The van der Waals surface area contributed by atoms with Crippen LogP contribution in [-0.4, -0.2) is 27.4 Å². The standard InChI is InChI=1S/C13H14F2N4O/c14-13(15)20-10-4-2-1-3-9(10)12-18-17-11-6-5-8(16)7-19(11)12/h1-4,8,13H,5-7,16H2. The summed E-state index contributed by atoms with van der Waals surface area (Å²) in [4.78, 5) is 0. The molecule has 1 unspecified atom stereocenters. The normalized spacial score (nSPS) is 18.1. The number of ether oxygens (including phenoxy) is 1. The Morgan fingerprint density at radius 3 is 2.90 bits per heavy atom. The topological polar surface area (TPSA) is 66.0 Å². The summed E-state index contributed by atoms with van der Waals surface area (Å²) in [6.07, 6.45) is 1.60. The molecule has 1 aromatic carbocycles. The minimum atomic E-state index is -2.87. The fourth-order valence-corrected chi connectivity index (χ4v) is 2.40. The summed E-state index contributed by atoms with van der Waals surface area (Å²) in [5, 5.41) is 8.21. The van der Waals surface area contributed by atoms with Crippen molar-refractivity contribution in [3.63, 3.8) is 0 Å². The smallest absolute Gasteiger partial charge is 0.387 e. The maximum absolute atomic E-state index is 12.5. The van der Waals surface area contributed by atoms with Gasteiger partial charge in [0.1, 0.15) is 11.6 Å². The molecule has 7 heteroatoms. The number of rotatable bonds is 3. The van der Waals surface area contributed by atoms with Crippen LogP contribution in [0.3, 0.4) is 0 Å². The highest BCUT2D eigenvalue weighted by Crippen LogP contribution is 2.31. The van der Waals surface area contributed by atoms with Gasteiger partial charge in [-0.25, -0.2) is 0 Å². The van der Waals surface area contributed by atoms with Gasteiger partial charge in [-0.1, -0.05) is 12.1 Å². The van der Waals surface area contributed by atoms with Gasteiger partial charge in [-0.15, -0.1) is 10.2 Å². The Morgan fingerprint density at radius 2 is 2.10 bits per heavy atom. The molecular formula is C13H14F2N4O. The summed E-state index contributed by atoms with van der Waals surface area (Å²) in [7, 11) is 0. The number of para-hydroxylation sites is 1. The van der Waals surface area contributed by atoms with Crippen LogP contribution in [0.1, 0.15) is 12.2 Å². The number of benzene rings is 1. The van der Waals surface area contributed by atoms with Crippen molar-refractivity contribution in [2.45, 2.75) is 32.0 Å². The van der Waals surface area contributed by atoms with Crippen LogP contribution in [0, 0.1) is 0 Å². The molecule has 3 rings (SSSR count). The molecule has 1 atom stereocenters. The van der Waals surface area contributed by atoms with Gasteiger partial charge < -0.3 is 15.0 Å². The van der Waals surface area contributed by atoms with E-state index in [-0.39, 0.29) is 11.8 Å². The van der Waals surface area contributed by atoms with Gasteiger partial charge >= 0.3 is 6.61 Å². The van der Waals surface area contributed by atoms with E-state index in [0.29, 0.717) is 17.9 Å². The van der Waals surface area contributed by atoms with Crippen molar-refractivity contribution in [3.05, 3.63) is 30.1 Å². The largest absolute Gasteiger partial charge is 0.434 e. The molecule has 5 nitrogen and oxygen atoms in total. The molecule has 0 fully saturated rings. The zero-order valence-electron chi connectivity index (χ0n) is 10.7. The number of nitrogens with zero attached hydrogens (tertiary/aromatic N) is 3. The Labute approximate surface area is 114 Å². The second-order valence-electron chi connectivity index (χ2n) is 4.72. The van der Waals surface area contributed by atoms with E-state index in [1.54, 1.807) is 18.2 Å². The van der Waals surface area contributed by atoms with Crippen LogP contribution in [0.2, 0.25) is 0 Å². The zero-order valence-corrected chi connectivity index (χ0v) is 10.7. The Morgan fingerprint density at radius 1 is 1.30 bits per heavy atom. The van der Waals surface area contributed by atoms with Gasteiger partial charge in [0.25, 0.3) is 0 Å². The number of halogens is 2. The molecular weight excluding hydrogens is 266 g/mol. The van der Waals surface area contributed by atoms with Crippen LogP contribution < -0.4 is 10.5 Å². The fraction of sp³-hybridized carbons (Fsp3) is 0.385. The van der Waals surface area contributed by atoms with Crippen LogP contribution in [0.4, 0.5) is 8.78 Å². The Hall–Kier alpha value is -2.02. The highest BCUT2D eigenvalue weighted by atomic mass is 19.3. The number of hydrogen-bond acceptors (Lipinski definition) is 4. The van der Waals surface area contributed by atoms with E-state index in [4.69, 9.17) is 5.73 Å². The van der Waals surface area contributed by atoms with Crippen molar-refractivity contribution in [1.82, 2.24) is 14.8 Å². The van der Waals surface area contributed by atoms with E-state index < -0.39 is 6.61 Å². The quantitative estimate of drug-likeness (QED) is 0.931. The Kier molecular flexibility index (Phi) is 3.35. The third kappa shape index (κ3) is 2.36. The second-order valence-corrected chi connectivity index (χ2v) is 4.72. The molecule has 0 spiro atoms. The third-order valence-corrected chi connectivity index (χ3v) is 3.33. The van der Waals surface area contributed by atoms with Gasteiger partial charge in [0.15, 0.2) is 5.82 Å². The van der Waals surface area contributed by atoms with Crippen molar-refractivity contribution >= 4 is 0 Å². The molecule has 0 aliphatic carbocycles. The summed E-state index contributed by atoms with van der Waals surface area (Å²) in [5.41, 5.74) is 6.45. The molecule has 2 N–H and O–H groups in total. The van der Waals surface area contributed by atoms with Crippen molar-refractivity contribution in [3.8, 4) is 17.1 Å². The fourth-order valence-electron chi connectivity index (χ4n) is 2.40.